The van der Waals surface area contributed by atoms with E-state index < -0.39 is 0 Å². The van der Waals surface area contributed by atoms with Gasteiger partial charge in [0.1, 0.15) is 21.5 Å². The van der Waals surface area contributed by atoms with Crippen LogP contribution in [0, 0.1) is 0 Å². The molecule has 0 N–H and O–H groups in total. The summed E-state index contributed by atoms with van der Waals surface area (Å²) >= 11 is 16.4. The largest absolute Gasteiger partial charge is 0.495 e. The summed E-state index contributed by atoms with van der Waals surface area (Å²) in [7, 11) is 1.54. The number of carbonyl (C=O) groups is 1. The molecule has 0 atom stereocenters. The van der Waals surface area contributed by atoms with Crippen molar-refractivity contribution in [3.05, 3.63) is 61.3 Å². The first-order valence-electron chi connectivity index (χ1n) is 8.18. The summed E-state index contributed by atoms with van der Waals surface area (Å²) in [6.07, 6.45) is 1.77. The summed E-state index contributed by atoms with van der Waals surface area (Å²) in [6.45, 7) is 0. The van der Waals surface area contributed by atoms with Crippen LogP contribution in [0.3, 0.4) is 0 Å². The van der Waals surface area contributed by atoms with E-state index in [0.29, 0.717) is 43.1 Å². The number of anilines is 1. The first kappa shape index (κ1) is 20.4. The number of aromatic nitrogens is 2. The van der Waals surface area contributed by atoms with E-state index in [-0.39, 0.29) is 5.91 Å². The second kappa shape index (κ2) is 8.85. The molecule has 3 aromatic rings. The van der Waals surface area contributed by atoms with Crippen molar-refractivity contribution in [3.63, 3.8) is 0 Å². The molecule has 1 aliphatic heterocycles. The zero-order valence-corrected chi connectivity index (χ0v) is 18.8. The highest BCUT2D eigenvalue weighted by Gasteiger charge is 2.32. The molecule has 0 fully saturated rings. The highest BCUT2D eigenvalue weighted by Crippen LogP contribution is 2.35. The Labute approximate surface area is 189 Å². The number of halogens is 2. The predicted molar refractivity (Wildman–Crippen MR) is 121 cm³/mol. The molecule has 2 aromatic heterocycles. The maximum atomic E-state index is 13.1. The molecule has 0 saturated heterocycles. The summed E-state index contributed by atoms with van der Waals surface area (Å²) in [5.41, 5.74) is 1.61. The van der Waals surface area contributed by atoms with Gasteiger partial charge in [-0.15, -0.1) is 16.4 Å². The summed E-state index contributed by atoms with van der Waals surface area (Å²) in [5, 5.41) is 6.89. The van der Waals surface area contributed by atoms with E-state index in [0.717, 1.165) is 16.4 Å². The topological polar surface area (TPSA) is 67.7 Å². The normalized spacial score (nSPS) is 15.3. The van der Waals surface area contributed by atoms with Crippen LogP contribution in [-0.2, 0) is 10.5 Å². The van der Waals surface area contributed by atoms with Gasteiger partial charge in [0.05, 0.1) is 17.8 Å². The highest BCUT2D eigenvalue weighted by atomic mass is 35.5. The molecule has 0 aliphatic carbocycles. The molecule has 0 radical (unpaired) electrons. The Hall–Kier alpha value is -1.91. The zero-order valence-electron chi connectivity index (χ0n) is 14.8. The molecule has 1 aliphatic rings. The number of carbonyl (C=O) groups excluding carboxylic acids is 1. The third-order valence-corrected chi connectivity index (χ3v) is 6.94. The van der Waals surface area contributed by atoms with Crippen LogP contribution in [0.1, 0.15) is 10.6 Å². The maximum Gasteiger partial charge on any atom is 0.283 e. The second-order valence-electron chi connectivity index (χ2n) is 5.68. The Morgan fingerprint density at radius 3 is 2.83 bits per heavy atom. The smallest absolute Gasteiger partial charge is 0.283 e. The van der Waals surface area contributed by atoms with E-state index in [1.54, 1.807) is 24.3 Å². The van der Waals surface area contributed by atoms with Gasteiger partial charge in [-0.1, -0.05) is 45.5 Å². The van der Waals surface area contributed by atoms with Crippen molar-refractivity contribution in [3.8, 4) is 5.75 Å². The van der Waals surface area contributed by atoms with Gasteiger partial charge in [-0.05, 0) is 35.7 Å². The summed E-state index contributed by atoms with van der Waals surface area (Å²) in [6, 6.07) is 9.02. The number of amides is 1. The van der Waals surface area contributed by atoms with Gasteiger partial charge >= 0.3 is 0 Å². The van der Waals surface area contributed by atoms with Crippen LogP contribution in [-0.4, -0.2) is 27.8 Å². The fourth-order valence-electron chi connectivity index (χ4n) is 2.54. The first-order valence-corrected chi connectivity index (χ1v) is 11.6. The Morgan fingerprint density at radius 2 is 2.17 bits per heavy atom. The molecule has 6 nitrogen and oxygen atoms in total. The number of thiophene rings is 1. The van der Waals surface area contributed by atoms with E-state index in [9.17, 15) is 4.79 Å². The number of amidine groups is 1. The average molecular weight is 483 g/mol. The molecule has 29 heavy (non-hydrogen) atoms. The lowest BCUT2D eigenvalue weighted by molar-refractivity contribution is -0.113. The number of ether oxygens (including phenoxy) is 1. The Kier molecular flexibility index (Phi) is 6.21. The third-order valence-electron chi connectivity index (χ3n) is 3.89. The summed E-state index contributed by atoms with van der Waals surface area (Å²) < 4.78 is 9.57. The lowest BCUT2D eigenvalue weighted by Gasteiger charge is -2.18. The minimum absolute atomic E-state index is 0.232. The second-order valence-corrected chi connectivity index (χ2v) is 9.37. The number of benzene rings is 1. The SMILES string of the molecule is COc1ccc(N2C(=O)/C(=C\c3cccs3)N=C2SCc2nnsc2Cl)cc1Cl. The van der Waals surface area contributed by atoms with Crippen LogP contribution < -0.4 is 9.64 Å². The van der Waals surface area contributed by atoms with Crippen molar-refractivity contribution in [2.24, 2.45) is 4.99 Å². The number of thioether (sulfide) groups is 1. The molecule has 0 spiro atoms. The minimum Gasteiger partial charge on any atom is -0.495 e. The van der Waals surface area contributed by atoms with Gasteiger partial charge in [0.2, 0.25) is 0 Å². The van der Waals surface area contributed by atoms with Crippen LogP contribution in [0.4, 0.5) is 5.69 Å². The minimum atomic E-state index is -0.232. The van der Waals surface area contributed by atoms with Crippen LogP contribution in [0.5, 0.6) is 5.75 Å². The maximum absolute atomic E-state index is 13.1. The summed E-state index contributed by atoms with van der Waals surface area (Å²) in [4.78, 5) is 20.2. The van der Waals surface area contributed by atoms with E-state index in [2.05, 4.69) is 14.6 Å². The molecule has 148 valence electrons. The van der Waals surface area contributed by atoms with Crippen molar-refractivity contribution >= 4 is 80.7 Å². The fourth-order valence-corrected chi connectivity index (χ4v) is 5.19. The Bertz CT molecular complexity index is 1110. The monoisotopic (exact) mass is 482 g/mol. The van der Waals surface area contributed by atoms with E-state index in [1.165, 1.54) is 35.1 Å². The molecule has 0 saturated carbocycles. The Morgan fingerprint density at radius 1 is 1.31 bits per heavy atom. The standard InChI is InChI=1S/C18H12Cl2N4O2S3/c1-26-15-5-4-10(7-12(15)19)24-17(25)13(8-11-3-2-6-27-11)21-18(24)28-9-14-16(20)29-23-22-14/h2-8H,9H2,1H3/b13-8+. The molecule has 11 heteroatoms. The predicted octanol–water partition coefficient (Wildman–Crippen LogP) is 5.59. The molecule has 1 amide bonds. The molecule has 0 unspecified atom stereocenters. The average Bonchev–Trinajstić information content (AvgIpc) is 3.43. The first-order chi connectivity index (χ1) is 14.1. The number of rotatable bonds is 5. The number of hydrogen-bond donors (Lipinski definition) is 0. The Balaban J connectivity index is 1.68. The van der Waals surface area contributed by atoms with E-state index >= 15 is 0 Å². The van der Waals surface area contributed by atoms with Crippen molar-refractivity contribution < 1.29 is 9.53 Å². The van der Waals surface area contributed by atoms with Crippen molar-refractivity contribution in [1.29, 1.82) is 0 Å². The van der Waals surface area contributed by atoms with Crippen molar-refractivity contribution in [2.75, 3.05) is 12.0 Å². The quantitative estimate of drug-likeness (QED) is 0.443. The fraction of sp³-hybridized carbons (Fsp3) is 0.111. The van der Waals surface area contributed by atoms with Crippen molar-refractivity contribution in [2.45, 2.75) is 5.75 Å². The highest BCUT2D eigenvalue weighted by molar-refractivity contribution is 8.13. The lowest BCUT2D eigenvalue weighted by atomic mass is 10.2. The van der Waals surface area contributed by atoms with Crippen LogP contribution in [0.25, 0.3) is 6.08 Å². The molecular weight excluding hydrogens is 471 g/mol. The van der Waals surface area contributed by atoms with Crippen LogP contribution in [0.15, 0.2) is 46.4 Å². The van der Waals surface area contributed by atoms with Gasteiger partial charge in [0.25, 0.3) is 5.91 Å². The molecular formula is C18H12Cl2N4O2S3. The number of nitrogens with zero attached hydrogens (tertiary/aromatic N) is 4. The third kappa shape index (κ3) is 4.34. The van der Waals surface area contributed by atoms with Crippen LogP contribution in [0.2, 0.25) is 9.36 Å². The zero-order chi connectivity index (χ0) is 20.4. The van der Waals surface area contributed by atoms with Crippen LogP contribution >= 0.6 is 57.8 Å². The molecule has 3 heterocycles. The van der Waals surface area contributed by atoms with E-state index in [1.807, 2.05) is 17.5 Å². The lowest BCUT2D eigenvalue weighted by Crippen LogP contribution is -2.30. The number of methoxy groups -OCH3 is 1. The number of hydrogen-bond acceptors (Lipinski definition) is 8. The van der Waals surface area contributed by atoms with E-state index in [4.69, 9.17) is 27.9 Å². The van der Waals surface area contributed by atoms with Crippen molar-refractivity contribution in [1.82, 2.24) is 9.59 Å². The van der Waals surface area contributed by atoms with Gasteiger partial charge < -0.3 is 4.74 Å². The molecule has 4 rings (SSSR count). The number of aliphatic imine (C=N–C) groups is 1. The molecule has 0 bridgehead atoms. The van der Waals surface area contributed by atoms with Gasteiger partial charge in [-0.2, -0.15) is 0 Å². The summed E-state index contributed by atoms with van der Waals surface area (Å²) in [5.74, 6) is 0.737. The van der Waals surface area contributed by atoms with Gasteiger partial charge in [0.15, 0.2) is 5.17 Å². The van der Waals surface area contributed by atoms with Gasteiger partial charge in [-0.3, -0.25) is 9.69 Å². The van der Waals surface area contributed by atoms with Gasteiger partial charge in [-0.25, -0.2) is 4.99 Å². The molecule has 1 aromatic carbocycles. The van der Waals surface area contributed by atoms with Gasteiger partial charge in [0, 0.05) is 22.2 Å².